The second-order valence-corrected chi connectivity index (χ2v) is 5.23. The van der Waals surface area contributed by atoms with Crippen LogP contribution in [-0.4, -0.2) is 12.6 Å². The average Bonchev–Trinajstić information content (AvgIpc) is 2.54. The number of benzene rings is 1. The molecular formula is C15H24N2. The molecule has 0 saturated carbocycles. The summed E-state index contributed by atoms with van der Waals surface area (Å²) in [7, 11) is 0. The molecule has 1 fully saturated rings. The van der Waals surface area contributed by atoms with Gasteiger partial charge >= 0.3 is 0 Å². The normalized spacial score (nSPS) is 21.4. The van der Waals surface area contributed by atoms with Crippen LogP contribution in [0.4, 0.5) is 5.69 Å². The molecule has 1 saturated heterocycles. The molecule has 0 aromatic heterocycles. The summed E-state index contributed by atoms with van der Waals surface area (Å²) in [6.07, 6.45) is 5.34. The van der Waals surface area contributed by atoms with E-state index in [0.717, 1.165) is 0 Å². The first-order valence-electron chi connectivity index (χ1n) is 6.78. The van der Waals surface area contributed by atoms with Crippen LogP contribution in [0.25, 0.3) is 0 Å². The Morgan fingerprint density at radius 3 is 2.88 bits per heavy atom. The Labute approximate surface area is 105 Å². The lowest BCUT2D eigenvalue weighted by molar-refractivity contribution is 0.614. The summed E-state index contributed by atoms with van der Waals surface area (Å²) < 4.78 is 0. The first kappa shape index (κ1) is 12.4. The predicted molar refractivity (Wildman–Crippen MR) is 74.3 cm³/mol. The summed E-state index contributed by atoms with van der Waals surface area (Å²) in [4.78, 5) is 2.56. The van der Waals surface area contributed by atoms with Gasteiger partial charge in [0.05, 0.1) is 0 Å². The Morgan fingerprint density at radius 1 is 1.29 bits per heavy atom. The van der Waals surface area contributed by atoms with Crippen molar-refractivity contribution >= 4 is 5.69 Å². The van der Waals surface area contributed by atoms with Gasteiger partial charge in [0.15, 0.2) is 0 Å². The lowest BCUT2D eigenvalue weighted by Gasteiger charge is -2.31. The number of nitrogens with zero attached hydrogens (tertiary/aromatic N) is 1. The molecule has 1 aliphatic heterocycles. The SMILES string of the molecule is Cc1ccc(CN)c(N2CCCCCC2C)c1. The minimum atomic E-state index is 0.638. The number of hydrogen-bond acceptors (Lipinski definition) is 2. The van der Waals surface area contributed by atoms with Crippen LogP contribution in [-0.2, 0) is 6.54 Å². The van der Waals surface area contributed by atoms with Crippen LogP contribution in [0.1, 0.15) is 43.7 Å². The Kier molecular flexibility index (Phi) is 4.06. The summed E-state index contributed by atoms with van der Waals surface area (Å²) in [6.45, 7) is 6.32. The van der Waals surface area contributed by atoms with Crippen LogP contribution < -0.4 is 10.6 Å². The zero-order valence-electron chi connectivity index (χ0n) is 11.1. The van der Waals surface area contributed by atoms with E-state index in [-0.39, 0.29) is 0 Å². The molecule has 1 heterocycles. The van der Waals surface area contributed by atoms with Crippen molar-refractivity contribution in [2.24, 2.45) is 5.73 Å². The number of nitrogens with two attached hydrogens (primary N) is 1. The number of rotatable bonds is 2. The van der Waals surface area contributed by atoms with Gasteiger partial charge in [0.2, 0.25) is 0 Å². The number of hydrogen-bond donors (Lipinski definition) is 1. The third-order valence-electron chi connectivity index (χ3n) is 3.82. The van der Waals surface area contributed by atoms with Gasteiger partial charge in [-0.2, -0.15) is 0 Å². The second kappa shape index (κ2) is 5.54. The zero-order valence-corrected chi connectivity index (χ0v) is 11.1. The number of aryl methyl sites for hydroxylation is 1. The molecule has 1 unspecified atom stereocenters. The fraction of sp³-hybridized carbons (Fsp3) is 0.600. The topological polar surface area (TPSA) is 29.3 Å². The third kappa shape index (κ3) is 2.81. The van der Waals surface area contributed by atoms with Gasteiger partial charge in [-0.25, -0.2) is 0 Å². The zero-order chi connectivity index (χ0) is 12.3. The van der Waals surface area contributed by atoms with Crippen LogP contribution >= 0.6 is 0 Å². The largest absolute Gasteiger partial charge is 0.369 e. The van der Waals surface area contributed by atoms with Crippen LogP contribution in [0.2, 0.25) is 0 Å². The molecular weight excluding hydrogens is 208 g/mol. The fourth-order valence-electron chi connectivity index (χ4n) is 2.75. The van der Waals surface area contributed by atoms with Gasteiger partial charge in [0, 0.05) is 24.8 Å². The van der Waals surface area contributed by atoms with Crippen LogP contribution in [0.15, 0.2) is 18.2 Å². The maximum atomic E-state index is 5.87. The van der Waals surface area contributed by atoms with Crippen molar-refractivity contribution in [2.75, 3.05) is 11.4 Å². The quantitative estimate of drug-likeness (QED) is 0.848. The van der Waals surface area contributed by atoms with Gasteiger partial charge in [0.25, 0.3) is 0 Å². The molecule has 0 spiro atoms. The third-order valence-corrected chi connectivity index (χ3v) is 3.82. The Morgan fingerprint density at radius 2 is 2.12 bits per heavy atom. The van der Waals surface area contributed by atoms with E-state index in [1.54, 1.807) is 0 Å². The van der Waals surface area contributed by atoms with Gasteiger partial charge in [0.1, 0.15) is 0 Å². The Balaban J connectivity index is 2.32. The van der Waals surface area contributed by atoms with Crippen molar-refractivity contribution in [1.29, 1.82) is 0 Å². The standard InChI is InChI=1S/C15H24N2/c1-12-7-8-14(11-16)15(10-12)17-9-5-3-4-6-13(17)2/h7-8,10,13H,3-6,9,11,16H2,1-2H3. The van der Waals surface area contributed by atoms with Crippen molar-refractivity contribution in [3.63, 3.8) is 0 Å². The highest BCUT2D eigenvalue weighted by Crippen LogP contribution is 2.28. The molecule has 2 nitrogen and oxygen atoms in total. The van der Waals surface area contributed by atoms with Gasteiger partial charge < -0.3 is 10.6 Å². The lowest BCUT2D eigenvalue weighted by Crippen LogP contribution is -2.33. The minimum absolute atomic E-state index is 0.638. The van der Waals surface area contributed by atoms with Crippen LogP contribution in [0.3, 0.4) is 0 Å². The van der Waals surface area contributed by atoms with Crippen molar-refractivity contribution in [2.45, 2.75) is 52.1 Å². The molecule has 0 radical (unpaired) electrons. The Bertz CT molecular complexity index is 373. The fourth-order valence-corrected chi connectivity index (χ4v) is 2.75. The van der Waals surface area contributed by atoms with Crippen molar-refractivity contribution in [3.05, 3.63) is 29.3 Å². The predicted octanol–water partition coefficient (Wildman–Crippen LogP) is 3.22. The summed E-state index contributed by atoms with van der Waals surface area (Å²) in [6, 6.07) is 7.28. The van der Waals surface area contributed by atoms with E-state index >= 15 is 0 Å². The van der Waals surface area contributed by atoms with Crippen molar-refractivity contribution in [3.8, 4) is 0 Å². The first-order chi connectivity index (χ1) is 8.22. The molecule has 2 heteroatoms. The van der Waals surface area contributed by atoms with Crippen LogP contribution in [0, 0.1) is 6.92 Å². The average molecular weight is 232 g/mol. The molecule has 94 valence electrons. The molecule has 17 heavy (non-hydrogen) atoms. The summed E-state index contributed by atoms with van der Waals surface area (Å²) in [5.74, 6) is 0. The smallest absolute Gasteiger partial charge is 0.0416 e. The second-order valence-electron chi connectivity index (χ2n) is 5.23. The highest BCUT2D eigenvalue weighted by Gasteiger charge is 2.19. The summed E-state index contributed by atoms with van der Waals surface area (Å²) in [5, 5.41) is 0. The van der Waals surface area contributed by atoms with E-state index in [9.17, 15) is 0 Å². The molecule has 1 aromatic rings. The maximum absolute atomic E-state index is 5.87. The van der Waals surface area contributed by atoms with E-state index in [2.05, 4.69) is 36.9 Å². The molecule has 0 bridgehead atoms. The lowest BCUT2D eigenvalue weighted by atomic mass is 10.1. The number of anilines is 1. The highest BCUT2D eigenvalue weighted by atomic mass is 15.2. The summed E-state index contributed by atoms with van der Waals surface area (Å²) >= 11 is 0. The van der Waals surface area contributed by atoms with Crippen LogP contribution in [0.5, 0.6) is 0 Å². The van der Waals surface area contributed by atoms with E-state index in [0.29, 0.717) is 12.6 Å². The minimum Gasteiger partial charge on any atom is -0.369 e. The summed E-state index contributed by atoms with van der Waals surface area (Å²) in [5.41, 5.74) is 9.84. The van der Waals surface area contributed by atoms with Gasteiger partial charge in [-0.3, -0.25) is 0 Å². The molecule has 1 aliphatic rings. The van der Waals surface area contributed by atoms with E-state index in [4.69, 9.17) is 5.73 Å². The molecule has 0 aliphatic carbocycles. The van der Waals surface area contributed by atoms with Crippen molar-refractivity contribution in [1.82, 2.24) is 0 Å². The van der Waals surface area contributed by atoms with Gasteiger partial charge in [-0.15, -0.1) is 0 Å². The monoisotopic (exact) mass is 232 g/mol. The molecule has 1 atom stereocenters. The van der Waals surface area contributed by atoms with E-state index < -0.39 is 0 Å². The van der Waals surface area contributed by atoms with Gasteiger partial charge in [-0.05, 0) is 43.9 Å². The highest BCUT2D eigenvalue weighted by molar-refractivity contribution is 5.56. The van der Waals surface area contributed by atoms with Crippen molar-refractivity contribution < 1.29 is 0 Å². The first-order valence-corrected chi connectivity index (χ1v) is 6.78. The van der Waals surface area contributed by atoms with E-state index in [1.165, 1.54) is 49.0 Å². The molecule has 2 N–H and O–H groups in total. The molecule has 2 rings (SSSR count). The van der Waals surface area contributed by atoms with Gasteiger partial charge in [-0.1, -0.05) is 25.0 Å². The molecule has 1 aromatic carbocycles. The van der Waals surface area contributed by atoms with E-state index in [1.807, 2.05) is 0 Å². The molecule has 0 amide bonds. The Hall–Kier alpha value is -1.02. The maximum Gasteiger partial charge on any atom is 0.0416 e.